The molecule has 2 aromatic carbocycles. The Morgan fingerprint density at radius 1 is 0.867 bits per heavy atom. The van der Waals surface area contributed by atoms with Crippen molar-refractivity contribution in [1.82, 2.24) is 30.1 Å². The molecule has 0 aliphatic rings. The molecule has 0 radical (unpaired) electrons. The van der Waals surface area contributed by atoms with Crippen LogP contribution in [0.15, 0.2) is 79.1 Å². The molecule has 5 aromatic rings. The summed E-state index contributed by atoms with van der Waals surface area (Å²) in [7, 11) is 0. The lowest BCUT2D eigenvalue weighted by Gasteiger charge is -2.19. The molecule has 3 heterocycles. The Kier molecular flexibility index (Phi) is 4.61. The quantitative estimate of drug-likeness (QED) is 0.462. The fourth-order valence-corrected chi connectivity index (χ4v) is 3.38. The van der Waals surface area contributed by atoms with Gasteiger partial charge in [-0.25, -0.2) is 15.0 Å². The lowest BCUT2D eigenvalue weighted by Crippen LogP contribution is -2.16. The minimum atomic E-state index is -0.267. The van der Waals surface area contributed by atoms with Gasteiger partial charge in [-0.3, -0.25) is 10.1 Å². The molecule has 7 nitrogen and oxygen atoms in total. The first-order chi connectivity index (χ1) is 14.8. The lowest BCUT2D eigenvalue weighted by molar-refractivity contribution is 0.831. The number of anilines is 1. The fourth-order valence-electron chi connectivity index (χ4n) is 3.38. The zero-order chi connectivity index (χ0) is 20.3. The van der Waals surface area contributed by atoms with E-state index in [9.17, 15) is 0 Å². The maximum absolute atomic E-state index is 4.84. The minimum Gasteiger partial charge on any atom is -0.355 e. The lowest BCUT2D eigenvalue weighted by atomic mass is 10.1. The molecule has 2 N–H and O–H groups in total. The molecule has 146 valence electrons. The van der Waals surface area contributed by atoms with Crippen LogP contribution in [0.4, 0.5) is 5.82 Å². The SMILES string of the molecule is Cc1nc(C(Nc2nc(-c3cccnc3)nc3ccccc23)c2ccccc2)n[nH]1. The molecule has 5 rings (SSSR count). The normalized spacial score (nSPS) is 12.0. The summed E-state index contributed by atoms with van der Waals surface area (Å²) in [6.07, 6.45) is 3.50. The van der Waals surface area contributed by atoms with E-state index in [0.717, 1.165) is 33.7 Å². The van der Waals surface area contributed by atoms with Crippen molar-refractivity contribution in [3.8, 4) is 11.4 Å². The third-order valence-corrected chi connectivity index (χ3v) is 4.81. The van der Waals surface area contributed by atoms with Crippen LogP contribution in [-0.4, -0.2) is 30.1 Å². The molecule has 0 bridgehead atoms. The van der Waals surface area contributed by atoms with Gasteiger partial charge in [0.25, 0.3) is 0 Å². The second-order valence-electron chi connectivity index (χ2n) is 6.92. The van der Waals surface area contributed by atoms with E-state index in [1.54, 1.807) is 12.4 Å². The van der Waals surface area contributed by atoms with Crippen molar-refractivity contribution in [2.75, 3.05) is 5.32 Å². The number of H-pyrrole nitrogens is 1. The van der Waals surface area contributed by atoms with E-state index in [4.69, 9.17) is 9.97 Å². The number of hydrogen-bond donors (Lipinski definition) is 2. The molecule has 0 spiro atoms. The highest BCUT2D eigenvalue weighted by atomic mass is 15.2. The van der Waals surface area contributed by atoms with Crippen molar-refractivity contribution in [3.63, 3.8) is 0 Å². The van der Waals surface area contributed by atoms with Crippen molar-refractivity contribution >= 4 is 16.7 Å². The average molecular weight is 393 g/mol. The van der Waals surface area contributed by atoms with Gasteiger partial charge in [0.05, 0.1) is 5.52 Å². The third-order valence-electron chi connectivity index (χ3n) is 4.81. The summed E-state index contributed by atoms with van der Waals surface area (Å²) in [6, 6.07) is 21.6. The Morgan fingerprint density at radius 3 is 2.47 bits per heavy atom. The van der Waals surface area contributed by atoms with Gasteiger partial charge in [-0.2, -0.15) is 5.10 Å². The van der Waals surface area contributed by atoms with Crippen molar-refractivity contribution < 1.29 is 0 Å². The van der Waals surface area contributed by atoms with Gasteiger partial charge in [0.2, 0.25) is 0 Å². The van der Waals surface area contributed by atoms with Gasteiger partial charge in [0.15, 0.2) is 11.6 Å². The van der Waals surface area contributed by atoms with Gasteiger partial charge in [-0.1, -0.05) is 42.5 Å². The molecule has 3 aromatic heterocycles. The Bertz CT molecular complexity index is 1280. The molecule has 0 saturated carbocycles. The van der Waals surface area contributed by atoms with Crippen LogP contribution in [0.25, 0.3) is 22.3 Å². The highest BCUT2D eigenvalue weighted by Crippen LogP contribution is 2.29. The first-order valence-electron chi connectivity index (χ1n) is 9.65. The zero-order valence-electron chi connectivity index (χ0n) is 16.3. The van der Waals surface area contributed by atoms with Crippen LogP contribution in [-0.2, 0) is 0 Å². The highest BCUT2D eigenvalue weighted by Gasteiger charge is 2.21. The maximum Gasteiger partial charge on any atom is 0.177 e. The highest BCUT2D eigenvalue weighted by molar-refractivity contribution is 5.90. The number of fused-ring (bicyclic) bond motifs is 1. The summed E-state index contributed by atoms with van der Waals surface area (Å²) >= 11 is 0. The second-order valence-corrected chi connectivity index (χ2v) is 6.92. The minimum absolute atomic E-state index is 0.267. The molecule has 1 unspecified atom stereocenters. The van der Waals surface area contributed by atoms with Crippen molar-refractivity contribution in [2.45, 2.75) is 13.0 Å². The van der Waals surface area contributed by atoms with E-state index in [0.29, 0.717) is 11.6 Å². The predicted octanol–water partition coefficient (Wildman–Crippen LogP) is 4.32. The van der Waals surface area contributed by atoms with E-state index in [1.165, 1.54) is 0 Å². The van der Waals surface area contributed by atoms with Crippen molar-refractivity contribution in [2.24, 2.45) is 0 Å². The molecule has 7 heteroatoms. The largest absolute Gasteiger partial charge is 0.355 e. The molecule has 30 heavy (non-hydrogen) atoms. The van der Waals surface area contributed by atoms with Gasteiger partial charge >= 0.3 is 0 Å². The average Bonchev–Trinajstić information content (AvgIpc) is 3.24. The fraction of sp³-hybridized carbons (Fsp3) is 0.0870. The number of aryl methyl sites for hydroxylation is 1. The van der Waals surface area contributed by atoms with Crippen molar-refractivity contribution in [3.05, 3.63) is 96.3 Å². The summed E-state index contributed by atoms with van der Waals surface area (Å²) in [6.45, 7) is 1.89. The monoisotopic (exact) mass is 393 g/mol. The topological polar surface area (TPSA) is 92.3 Å². The first kappa shape index (κ1) is 17.9. The second kappa shape index (κ2) is 7.71. The number of nitrogens with one attached hydrogen (secondary N) is 2. The number of aromatic nitrogens is 6. The number of rotatable bonds is 5. The van der Waals surface area contributed by atoms with Crippen LogP contribution in [0.2, 0.25) is 0 Å². The molecule has 0 fully saturated rings. The summed E-state index contributed by atoms with van der Waals surface area (Å²) < 4.78 is 0. The maximum atomic E-state index is 4.84. The molecular weight excluding hydrogens is 374 g/mol. The van der Waals surface area contributed by atoms with E-state index in [1.807, 2.05) is 61.5 Å². The molecule has 1 atom stereocenters. The van der Waals surface area contributed by atoms with Gasteiger partial charge in [-0.15, -0.1) is 0 Å². The Labute approximate surface area is 173 Å². The Balaban J connectivity index is 1.65. The summed E-state index contributed by atoms with van der Waals surface area (Å²) in [4.78, 5) is 18.3. The van der Waals surface area contributed by atoms with Gasteiger partial charge in [-0.05, 0) is 36.8 Å². The van der Waals surface area contributed by atoms with Crippen LogP contribution < -0.4 is 5.32 Å². The third kappa shape index (κ3) is 3.48. The smallest absolute Gasteiger partial charge is 0.177 e. The number of benzene rings is 2. The van der Waals surface area contributed by atoms with Gasteiger partial charge < -0.3 is 5.32 Å². The van der Waals surface area contributed by atoms with E-state index in [2.05, 4.69) is 37.6 Å². The molecule has 0 amide bonds. The first-order valence-corrected chi connectivity index (χ1v) is 9.65. The molecule has 0 aliphatic heterocycles. The number of aromatic amines is 1. The van der Waals surface area contributed by atoms with Crippen LogP contribution in [0.3, 0.4) is 0 Å². The van der Waals surface area contributed by atoms with Crippen LogP contribution >= 0.6 is 0 Å². The van der Waals surface area contributed by atoms with E-state index >= 15 is 0 Å². The number of hydrogen-bond acceptors (Lipinski definition) is 6. The molecular formula is C23H19N7. The van der Waals surface area contributed by atoms with Crippen LogP contribution in [0.1, 0.15) is 23.3 Å². The van der Waals surface area contributed by atoms with Crippen LogP contribution in [0.5, 0.6) is 0 Å². The molecule has 0 saturated heterocycles. The molecule has 0 aliphatic carbocycles. The standard InChI is InChI=1S/C23H19N7/c1-15-25-23(30-29-15)20(16-8-3-2-4-9-16)27-22-18-11-5-6-12-19(18)26-21(28-22)17-10-7-13-24-14-17/h2-14,20H,1H3,(H,25,29,30)(H,26,27,28). The van der Waals surface area contributed by atoms with Gasteiger partial charge in [0.1, 0.15) is 17.7 Å². The number of nitrogens with zero attached hydrogens (tertiary/aromatic N) is 5. The van der Waals surface area contributed by atoms with E-state index < -0.39 is 0 Å². The van der Waals surface area contributed by atoms with Gasteiger partial charge in [0, 0.05) is 23.3 Å². The number of pyridine rings is 1. The Morgan fingerprint density at radius 2 is 1.70 bits per heavy atom. The van der Waals surface area contributed by atoms with E-state index in [-0.39, 0.29) is 6.04 Å². The number of para-hydroxylation sites is 1. The Hall–Kier alpha value is -4.13. The summed E-state index contributed by atoms with van der Waals surface area (Å²) in [5.41, 5.74) is 2.75. The van der Waals surface area contributed by atoms with Crippen molar-refractivity contribution in [1.29, 1.82) is 0 Å². The van der Waals surface area contributed by atoms with Crippen LogP contribution in [0, 0.1) is 6.92 Å². The summed E-state index contributed by atoms with van der Waals surface area (Å²) in [5.74, 6) is 2.75. The zero-order valence-corrected chi connectivity index (χ0v) is 16.3. The predicted molar refractivity (Wildman–Crippen MR) is 116 cm³/mol. The summed E-state index contributed by atoms with van der Waals surface area (Å²) in [5, 5.41) is 11.8.